The maximum absolute atomic E-state index is 13.9. The van der Waals surface area contributed by atoms with Crippen molar-refractivity contribution >= 4 is 11.4 Å². The van der Waals surface area contributed by atoms with E-state index in [2.05, 4.69) is 10.0 Å². The molecule has 0 radical (unpaired) electrons. The van der Waals surface area contributed by atoms with Crippen molar-refractivity contribution in [2.24, 2.45) is 5.11 Å². The van der Waals surface area contributed by atoms with Gasteiger partial charge < -0.3 is 9.80 Å². The van der Waals surface area contributed by atoms with Crippen LogP contribution in [-0.4, -0.2) is 31.1 Å². The molecule has 1 saturated heterocycles. The molecule has 1 aromatic carbocycles. The normalized spacial score (nSPS) is 14.8. The molecule has 0 atom stereocenters. The van der Waals surface area contributed by atoms with E-state index in [0.29, 0.717) is 26.2 Å². The smallest absolute Gasteiger partial charge is 0.179 e. The SMILES string of the molecule is N#CN1CCN(c2c(F)cc(N=[N+]=[N-])cc2F)CC1. The van der Waals surface area contributed by atoms with Crippen LogP contribution in [0.1, 0.15) is 0 Å². The predicted octanol–water partition coefficient (Wildman–Crippen LogP) is 2.51. The van der Waals surface area contributed by atoms with Crippen molar-refractivity contribution in [2.75, 3.05) is 31.1 Å². The van der Waals surface area contributed by atoms with Crippen molar-refractivity contribution in [2.45, 2.75) is 0 Å². The van der Waals surface area contributed by atoms with E-state index in [-0.39, 0.29) is 11.4 Å². The number of hydrogen-bond donors (Lipinski definition) is 0. The fraction of sp³-hybridized carbons (Fsp3) is 0.364. The third-order valence-electron chi connectivity index (χ3n) is 2.90. The molecule has 98 valence electrons. The van der Waals surface area contributed by atoms with Crippen LogP contribution < -0.4 is 4.90 Å². The molecule has 0 N–H and O–H groups in total. The molecule has 0 aromatic heterocycles. The first kappa shape index (κ1) is 12.9. The van der Waals surface area contributed by atoms with Crippen LogP contribution in [0, 0.1) is 23.1 Å². The highest BCUT2D eigenvalue weighted by Gasteiger charge is 2.22. The lowest BCUT2D eigenvalue weighted by atomic mass is 10.2. The van der Waals surface area contributed by atoms with Crippen molar-refractivity contribution in [3.8, 4) is 6.19 Å². The third kappa shape index (κ3) is 2.67. The fourth-order valence-corrected chi connectivity index (χ4v) is 1.99. The van der Waals surface area contributed by atoms with Crippen LogP contribution in [0.3, 0.4) is 0 Å². The quantitative estimate of drug-likeness (QED) is 0.356. The molecule has 6 nitrogen and oxygen atoms in total. The molecule has 1 fully saturated rings. The van der Waals surface area contributed by atoms with Crippen LogP contribution >= 0.6 is 0 Å². The van der Waals surface area contributed by atoms with Crippen LogP contribution in [-0.2, 0) is 0 Å². The lowest BCUT2D eigenvalue weighted by molar-refractivity contribution is 0.359. The van der Waals surface area contributed by atoms with E-state index in [1.807, 2.05) is 6.19 Å². The van der Waals surface area contributed by atoms with Gasteiger partial charge in [-0.25, -0.2) is 8.78 Å². The Balaban J connectivity index is 2.26. The van der Waals surface area contributed by atoms with E-state index in [1.165, 1.54) is 4.90 Å². The molecule has 0 aliphatic carbocycles. The van der Waals surface area contributed by atoms with E-state index in [1.54, 1.807) is 4.90 Å². The summed E-state index contributed by atoms with van der Waals surface area (Å²) in [7, 11) is 0. The lowest BCUT2D eigenvalue weighted by Crippen LogP contribution is -2.44. The van der Waals surface area contributed by atoms with E-state index in [4.69, 9.17) is 10.8 Å². The van der Waals surface area contributed by atoms with Gasteiger partial charge in [-0.05, 0) is 17.7 Å². The average Bonchev–Trinajstić information content (AvgIpc) is 2.39. The van der Waals surface area contributed by atoms with E-state index in [0.717, 1.165) is 12.1 Å². The molecular weight excluding hydrogens is 254 g/mol. The molecule has 0 spiro atoms. The molecule has 1 aromatic rings. The third-order valence-corrected chi connectivity index (χ3v) is 2.90. The Bertz CT molecular complexity index is 544. The molecule has 2 rings (SSSR count). The Morgan fingerprint density at radius 3 is 2.26 bits per heavy atom. The number of piperazine rings is 1. The number of halogens is 2. The van der Waals surface area contributed by atoms with Crippen LogP contribution in [0.4, 0.5) is 20.2 Å². The summed E-state index contributed by atoms with van der Waals surface area (Å²) in [6.07, 6.45) is 1.99. The number of nitrogens with zero attached hydrogens (tertiary/aromatic N) is 6. The molecule has 0 bridgehead atoms. The topological polar surface area (TPSA) is 79.0 Å². The van der Waals surface area contributed by atoms with E-state index in [9.17, 15) is 8.78 Å². The molecule has 8 heteroatoms. The van der Waals surface area contributed by atoms with Gasteiger partial charge in [0.15, 0.2) is 6.19 Å². The zero-order chi connectivity index (χ0) is 13.8. The van der Waals surface area contributed by atoms with E-state index < -0.39 is 11.6 Å². The first-order valence-corrected chi connectivity index (χ1v) is 5.59. The van der Waals surface area contributed by atoms with Crippen molar-refractivity contribution in [1.82, 2.24) is 4.90 Å². The maximum Gasteiger partial charge on any atom is 0.179 e. The van der Waals surface area contributed by atoms with Gasteiger partial charge in [0.2, 0.25) is 0 Å². The second-order valence-corrected chi connectivity index (χ2v) is 4.02. The van der Waals surface area contributed by atoms with Gasteiger partial charge in [0, 0.05) is 36.8 Å². The first-order valence-electron chi connectivity index (χ1n) is 5.59. The van der Waals surface area contributed by atoms with Gasteiger partial charge in [-0.3, -0.25) is 0 Å². The van der Waals surface area contributed by atoms with Gasteiger partial charge >= 0.3 is 0 Å². The van der Waals surface area contributed by atoms with Crippen LogP contribution in [0.5, 0.6) is 0 Å². The number of azide groups is 1. The van der Waals surface area contributed by atoms with Gasteiger partial charge in [-0.1, -0.05) is 5.11 Å². The highest BCUT2D eigenvalue weighted by Crippen LogP contribution is 2.29. The fourth-order valence-electron chi connectivity index (χ4n) is 1.99. The number of hydrogen-bond acceptors (Lipinski definition) is 4. The summed E-state index contributed by atoms with van der Waals surface area (Å²) in [6.45, 7) is 1.57. The Kier molecular flexibility index (Phi) is 3.68. The minimum absolute atomic E-state index is 0.100. The Labute approximate surface area is 108 Å². The summed E-state index contributed by atoms with van der Waals surface area (Å²) < 4.78 is 27.7. The van der Waals surface area contributed by atoms with Crippen LogP contribution in [0.15, 0.2) is 17.2 Å². The second kappa shape index (κ2) is 5.42. The Morgan fingerprint density at radius 2 is 1.79 bits per heavy atom. The Hall–Kier alpha value is -2.52. The molecule has 1 aliphatic rings. The summed E-state index contributed by atoms with van der Waals surface area (Å²) >= 11 is 0. The highest BCUT2D eigenvalue weighted by atomic mass is 19.1. The molecule has 1 heterocycles. The maximum atomic E-state index is 13.9. The minimum Gasteiger partial charge on any atom is -0.363 e. The van der Waals surface area contributed by atoms with Crippen molar-refractivity contribution in [3.05, 3.63) is 34.2 Å². The molecule has 0 amide bonds. The number of benzene rings is 1. The van der Waals surface area contributed by atoms with Crippen LogP contribution in [0.2, 0.25) is 0 Å². The van der Waals surface area contributed by atoms with Gasteiger partial charge in [-0.15, -0.1) is 0 Å². The van der Waals surface area contributed by atoms with Crippen LogP contribution in [0.25, 0.3) is 10.4 Å². The molecule has 0 unspecified atom stereocenters. The zero-order valence-corrected chi connectivity index (χ0v) is 9.92. The summed E-state index contributed by atoms with van der Waals surface area (Å²) in [5.41, 5.74) is 8.00. The number of nitriles is 1. The van der Waals surface area contributed by atoms with Gasteiger partial charge in [-0.2, -0.15) is 5.26 Å². The Morgan fingerprint density at radius 1 is 1.21 bits per heavy atom. The summed E-state index contributed by atoms with van der Waals surface area (Å²) in [5.74, 6) is -1.54. The minimum atomic E-state index is -0.771. The number of anilines is 1. The summed E-state index contributed by atoms with van der Waals surface area (Å²) in [4.78, 5) is 5.56. The van der Waals surface area contributed by atoms with Gasteiger partial charge in [0.05, 0.1) is 0 Å². The summed E-state index contributed by atoms with van der Waals surface area (Å²) in [5, 5.41) is 11.9. The zero-order valence-electron chi connectivity index (χ0n) is 9.92. The predicted molar refractivity (Wildman–Crippen MR) is 64.6 cm³/mol. The molecular formula is C11H10F2N6. The standard InChI is InChI=1S/C11H10F2N6/c12-9-5-8(16-17-15)6-10(13)11(9)19-3-1-18(7-14)2-4-19/h5-6H,1-4H2. The molecule has 0 saturated carbocycles. The molecule has 19 heavy (non-hydrogen) atoms. The van der Waals surface area contributed by atoms with Crippen molar-refractivity contribution in [1.29, 1.82) is 5.26 Å². The van der Waals surface area contributed by atoms with Crippen molar-refractivity contribution in [3.63, 3.8) is 0 Å². The number of rotatable bonds is 2. The largest absolute Gasteiger partial charge is 0.363 e. The molecule has 1 aliphatic heterocycles. The average molecular weight is 264 g/mol. The monoisotopic (exact) mass is 264 g/mol. The van der Waals surface area contributed by atoms with E-state index >= 15 is 0 Å². The second-order valence-electron chi connectivity index (χ2n) is 4.02. The first-order chi connectivity index (χ1) is 9.15. The van der Waals surface area contributed by atoms with Gasteiger partial charge in [0.25, 0.3) is 0 Å². The van der Waals surface area contributed by atoms with Crippen molar-refractivity contribution < 1.29 is 8.78 Å². The summed E-state index contributed by atoms with van der Waals surface area (Å²) in [6, 6.07) is 1.99. The van der Waals surface area contributed by atoms with Gasteiger partial charge in [0.1, 0.15) is 17.3 Å². The lowest BCUT2D eigenvalue weighted by Gasteiger charge is -2.33. The highest BCUT2D eigenvalue weighted by molar-refractivity contribution is 5.55.